The predicted octanol–water partition coefficient (Wildman–Crippen LogP) is 5.52. The van der Waals surface area contributed by atoms with Gasteiger partial charge in [0.2, 0.25) is 5.13 Å². The third kappa shape index (κ3) is 13.0. The molecule has 6 aromatic carbocycles. The Bertz CT molecular complexity index is 5080. The third-order valence-electron chi connectivity index (χ3n) is 10.8. The van der Waals surface area contributed by atoms with E-state index in [1.54, 1.807) is 0 Å². The van der Waals surface area contributed by atoms with Gasteiger partial charge in [-0.2, -0.15) is 58.9 Å². The largest absolute Gasteiger partial charge is 0.505 e. The number of thiazole rings is 1. The van der Waals surface area contributed by atoms with Crippen LogP contribution in [-0.4, -0.2) is 129 Å². The summed E-state index contributed by atoms with van der Waals surface area (Å²) in [6, 6.07) is 9.38. The summed E-state index contributed by atoms with van der Waals surface area (Å²) in [5, 5.41) is 37.6. The van der Waals surface area contributed by atoms with E-state index in [2.05, 4.69) is 51.4 Å². The van der Waals surface area contributed by atoms with E-state index < -0.39 is 191 Å². The van der Waals surface area contributed by atoms with Crippen LogP contribution in [0, 0.1) is 0 Å². The van der Waals surface area contributed by atoms with Crippen LogP contribution in [-0.2, 0) is 70.8 Å². The quantitative estimate of drug-likeness (QED) is 0.0394. The molecular formula is C39H29N11O24S8. The smallest absolute Gasteiger partial charge is 0.319 e. The molecule has 2 heterocycles. The van der Waals surface area contributed by atoms with Crippen LogP contribution in [0.5, 0.6) is 5.75 Å². The lowest BCUT2D eigenvalue weighted by Crippen LogP contribution is -2.32. The number of amides is 2. The second-order valence-electron chi connectivity index (χ2n) is 16.3. The summed E-state index contributed by atoms with van der Waals surface area (Å²) in [4.78, 5) is 23.9. The molecule has 35 nitrogen and oxygen atoms in total. The van der Waals surface area contributed by atoms with E-state index in [4.69, 9.17) is 4.55 Å². The van der Waals surface area contributed by atoms with Gasteiger partial charge in [-0.25, -0.2) is 14.5 Å². The standard InChI is InChI=1S/C39H29N11O24S8/c51-35-19-4-7-24(45-48-28-16-41-50(37(28)52)17-10-21-22(31(11-17)79(63,64)65)12-18(77(57,58)59)13-32(21)80(66,67)68)36(82(72,73)74)20(19)5-6-23(35)44-47-27-14-25(42-38(53)40-8-9-76(54,55)56)26(15-33(27)81(69,70)71)46-49-39-43-34-29(75-39)2-1-3-30(34)78(60,61)62/h1-7,10-16,41,51H,8-9H2,(H2,40,42,53)(H,54,55,56)(H,57,58,59)(H,60,61,62)(H,63,64,65)(H,66,67,68)(H,69,70,71)(H,72,73,74). The molecule has 0 unspecified atom stereocenters. The molecule has 0 spiro atoms. The minimum Gasteiger partial charge on any atom is -0.505 e. The first-order valence-electron chi connectivity index (χ1n) is 21.2. The van der Waals surface area contributed by atoms with Crippen molar-refractivity contribution in [2.24, 2.45) is 30.7 Å². The van der Waals surface area contributed by atoms with Gasteiger partial charge in [-0.05, 0) is 66.7 Å². The number of phenolic OH excluding ortho intramolecular Hbond substituents is 1. The van der Waals surface area contributed by atoms with Gasteiger partial charge in [0.05, 0.1) is 32.9 Å². The van der Waals surface area contributed by atoms with E-state index in [9.17, 15) is 101 Å². The highest BCUT2D eigenvalue weighted by molar-refractivity contribution is 7.88. The summed E-state index contributed by atoms with van der Waals surface area (Å²) in [5.41, 5.74) is -6.15. The van der Waals surface area contributed by atoms with Crippen LogP contribution < -0.4 is 16.2 Å². The van der Waals surface area contributed by atoms with Crippen LogP contribution in [0.2, 0.25) is 0 Å². The van der Waals surface area contributed by atoms with Crippen LogP contribution in [0.1, 0.15) is 0 Å². The topological polar surface area (TPSA) is 567 Å². The maximum absolute atomic E-state index is 13.6. The number of nitrogens with one attached hydrogen (secondary N) is 3. The minimum atomic E-state index is -5.46. The summed E-state index contributed by atoms with van der Waals surface area (Å²) in [6.07, 6.45) is 0.786. The number of aromatic amines is 1. The molecule has 432 valence electrons. The molecular weight excluding hydrogens is 1260 g/mol. The number of carbonyl (C=O) groups is 1. The van der Waals surface area contributed by atoms with Gasteiger partial charge in [-0.1, -0.05) is 23.5 Å². The van der Waals surface area contributed by atoms with Crippen molar-refractivity contribution in [3.63, 3.8) is 0 Å². The number of hydrogen-bond acceptors (Lipinski definition) is 25. The van der Waals surface area contributed by atoms with E-state index >= 15 is 0 Å². The number of carbonyl (C=O) groups excluding carboxylic acids is 1. The van der Waals surface area contributed by atoms with Crippen LogP contribution in [0.4, 0.5) is 44.1 Å². The van der Waals surface area contributed by atoms with Gasteiger partial charge in [0.25, 0.3) is 76.4 Å². The van der Waals surface area contributed by atoms with Crippen molar-refractivity contribution in [1.82, 2.24) is 20.1 Å². The number of urea groups is 1. The zero-order valence-corrected chi connectivity index (χ0v) is 46.0. The maximum Gasteiger partial charge on any atom is 0.319 e. The van der Waals surface area contributed by atoms with Gasteiger partial charge in [0.15, 0.2) is 11.4 Å². The molecule has 0 atom stereocenters. The number of benzene rings is 6. The molecule has 0 aliphatic rings. The van der Waals surface area contributed by atoms with E-state index in [-0.39, 0.29) is 21.4 Å². The summed E-state index contributed by atoms with van der Waals surface area (Å²) in [7, 11) is -36.3. The van der Waals surface area contributed by atoms with E-state index in [0.29, 0.717) is 22.9 Å². The summed E-state index contributed by atoms with van der Waals surface area (Å²) in [6.45, 7) is -0.683. The van der Waals surface area contributed by atoms with Crippen molar-refractivity contribution < 1.29 is 101 Å². The number of H-pyrrole nitrogens is 1. The van der Waals surface area contributed by atoms with Crippen molar-refractivity contribution >= 4 is 159 Å². The normalized spacial score (nSPS) is 13.4. The average molecular weight is 1290 g/mol. The van der Waals surface area contributed by atoms with E-state index in [1.165, 1.54) is 12.1 Å². The Kier molecular flexibility index (Phi) is 15.7. The molecule has 0 bridgehead atoms. The summed E-state index contributed by atoms with van der Waals surface area (Å²) in [5.74, 6) is -1.90. The number of rotatable bonds is 17. The minimum absolute atomic E-state index is 0.175. The Balaban J connectivity index is 1.17. The highest BCUT2D eigenvalue weighted by Crippen LogP contribution is 2.44. The number of hydrogen-bond donors (Lipinski definition) is 11. The lowest BCUT2D eigenvalue weighted by atomic mass is 10.1. The molecule has 0 radical (unpaired) electrons. The van der Waals surface area contributed by atoms with Gasteiger partial charge in [0.1, 0.15) is 52.7 Å². The first-order chi connectivity index (χ1) is 37.8. The molecule has 0 fully saturated rings. The fraction of sp³-hybridized carbons (Fsp3) is 0.0513. The molecule has 0 aliphatic carbocycles. The fourth-order valence-electron chi connectivity index (χ4n) is 7.41. The molecule has 82 heavy (non-hydrogen) atoms. The van der Waals surface area contributed by atoms with Crippen LogP contribution >= 0.6 is 11.3 Å². The highest BCUT2D eigenvalue weighted by atomic mass is 32.2. The number of para-hydroxylation sites is 1. The zero-order valence-electron chi connectivity index (χ0n) is 39.5. The van der Waals surface area contributed by atoms with Gasteiger partial charge < -0.3 is 15.7 Å². The predicted molar refractivity (Wildman–Crippen MR) is 280 cm³/mol. The Hall–Kier alpha value is -8.02. The number of azo groups is 3. The first-order valence-corrected chi connectivity index (χ1v) is 32.3. The van der Waals surface area contributed by atoms with Crippen molar-refractivity contribution in [3.05, 3.63) is 95.4 Å². The first kappa shape index (κ1) is 60.1. The van der Waals surface area contributed by atoms with Gasteiger partial charge in [-0.15, -0.1) is 30.7 Å². The molecule has 11 N–H and O–H groups in total. The number of anilines is 1. The SMILES string of the molecule is O=C(NCCS(=O)(=O)O)Nc1cc(N=Nc2ccc3c(S(=O)(=O)O)c(N=Nc4c[nH]n(-c5cc(S(=O)(=O)O)c6cc(S(=O)(=O)O)cc(S(=O)(=O)O)c6c5)c4=O)ccc3c2O)c(S(=O)(=O)O)cc1N=Nc1nc2c(S(=O)(=O)O)cccc2s1. The second-order valence-corrected chi connectivity index (χ2v) is 27.2. The number of aromatic hydroxyl groups is 1. The molecule has 0 aliphatic heterocycles. The molecule has 2 aromatic heterocycles. The molecule has 0 saturated heterocycles. The van der Waals surface area contributed by atoms with E-state index in [1.807, 2.05) is 0 Å². The molecule has 0 saturated carbocycles. The Labute approximate surface area is 461 Å². The Morgan fingerprint density at radius 3 is 1.76 bits per heavy atom. The number of aromatic nitrogens is 3. The number of fused-ring (bicyclic) bond motifs is 3. The van der Waals surface area contributed by atoms with Crippen molar-refractivity contribution in [1.29, 1.82) is 0 Å². The van der Waals surface area contributed by atoms with Crippen molar-refractivity contribution in [2.45, 2.75) is 29.4 Å². The van der Waals surface area contributed by atoms with Crippen LogP contribution in [0.3, 0.4) is 0 Å². The number of nitrogens with zero attached hydrogens (tertiary/aromatic N) is 8. The highest BCUT2D eigenvalue weighted by Gasteiger charge is 2.28. The summed E-state index contributed by atoms with van der Waals surface area (Å²) < 4.78 is 241. The molecule has 2 amide bonds. The van der Waals surface area contributed by atoms with Crippen LogP contribution in [0.15, 0.2) is 150 Å². The molecule has 8 aromatic rings. The van der Waals surface area contributed by atoms with Gasteiger partial charge >= 0.3 is 6.03 Å². The zero-order chi connectivity index (χ0) is 60.4. The van der Waals surface area contributed by atoms with Crippen molar-refractivity contribution in [3.8, 4) is 11.4 Å². The second kappa shape index (κ2) is 21.4. The monoisotopic (exact) mass is 1290 g/mol. The van der Waals surface area contributed by atoms with Crippen LogP contribution in [0.25, 0.3) is 37.4 Å². The van der Waals surface area contributed by atoms with Gasteiger partial charge in [0, 0.05) is 28.1 Å². The molecule has 8 rings (SSSR count). The van der Waals surface area contributed by atoms with E-state index in [0.717, 1.165) is 60.0 Å². The Morgan fingerprint density at radius 1 is 0.561 bits per heavy atom. The third-order valence-corrected chi connectivity index (χ3v) is 17.8. The lowest BCUT2D eigenvalue weighted by Gasteiger charge is -2.12. The van der Waals surface area contributed by atoms with Gasteiger partial charge in [-0.3, -0.25) is 41.8 Å². The lowest BCUT2D eigenvalue weighted by molar-refractivity contribution is 0.252. The maximum atomic E-state index is 13.6. The molecule has 43 heteroatoms. The number of phenols is 1. The van der Waals surface area contributed by atoms with Crippen molar-refractivity contribution in [2.75, 3.05) is 17.6 Å². The summed E-state index contributed by atoms with van der Waals surface area (Å²) >= 11 is 0.730. The fourth-order valence-corrected chi connectivity index (χ4v) is 12.8. The average Bonchev–Trinajstić information content (AvgIpc) is 1.97. The Morgan fingerprint density at radius 2 is 1.13 bits per heavy atom.